The maximum absolute atomic E-state index is 12.2. The number of carbonyl (C=O) groups is 1. The second kappa shape index (κ2) is 7.03. The highest BCUT2D eigenvalue weighted by Crippen LogP contribution is 2.26. The van der Waals surface area contributed by atoms with Crippen LogP contribution in [0.4, 0.5) is 0 Å². The second-order valence-electron chi connectivity index (χ2n) is 6.18. The van der Waals surface area contributed by atoms with Crippen LogP contribution in [0.1, 0.15) is 66.2 Å². The van der Waals surface area contributed by atoms with Crippen LogP contribution in [0.15, 0.2) is 0 Å². The Morgan fingerprint density at radius 2 is 1.71 bits per heavy atom. The van der Waals surface area contributed by atoms with Crippen molar-refractivity contribution in [2.45, 2.75) is 72.3 Å². The molecule has 0 heterocycles. The molecule has 1 atom stereocenters. The molecule has 0 saturated heterocycles. The predicted octanol–water partition coefficient (Wildman–Crippen LogP) is 4.18. The Kier molecular flexibility index (Phi) is 6.01. The van der Waals surface area contributed by atoms with Crippen LogP contribution in [-0.2, 0) is 9.53 Å². The fraction of sp³-hybridized carbons (Fsp3) is 0.933. The Balaban J connectivity index is 2.46. The fourth-order valence-corrected chi connectivity index (χ4v) is 2.58. The molecule has 0 aliphatic heterocycles. The van der Waals surface area contributed by atoms with Crippen LogP contribution >= 0.6 is 0 Å². The summed E-state index contributed by atoms with van der Waals surface area (Å²) in [7, 11) is 0. The smallest absolute Gasteiger partial charge is 0.309 e. The van der Waals surface area contributed by atoms with Gasteiger partial charge >= 0.3 is 5.97 Å². The highest BCUT2D eigenvalue weighted by atomic mass is 16.5. The largest absolute Gasteiger partial charge is 0.462 e. The molecule has 1 rings (SSSR count). The molecule has 1 unspecified atom stereocenters. The average Bonchev–Trinajstić information content (AvgIpc) is 2.26. The molecule has 0 spiro atoms. The molecule has 100 valence electrons. The van der Waals surface area contributed by atoms with E-state index in [1.807, 2.05) is 0 Å². The van der Waals surface area contributed by atoms with Crippen molar-refractivity contribution < 1.29 is 9.53 Å². The minimum absolute atomic E-state index is 0.0422. The standard InChI is InChI=1S/C15H28O2/c1-11(2)10-14(12(3)4)15(16)17-13-8-6-5-7-9-13/h11-14H,5-10H2,1-4H3. The van der Waals surface area contributed by atoms with E-state index in [1.54, 1.807) is 0 Å². The van der Waals surface area contributed by atoms with Crippen molar-refractivity contribution in [1.82, 2.24) is 0 Å². The van der Waals surface area contributed by atoms with Crippen molar-refractivity contribution in [2.24, 2.45) is 17.8 Å². The first-order valence-corrected chi connectivity index (χ1v) is 7.21. The maximum atomic E-state index is 12.2. The number of hydrogen-bond acceptors (Lipinski definition) is 2. The third-order valence-corrected chi connectivity index (χ3v) is 3.67. The molecule has 0 aromatic heterocycles. The van der Waals surface area contributed by atoms with E-state index >= 15 is 0 Å². The summed E-state index contributed by atoms with van der Waals surface area (Å²) < 4.78 is 5.68. The summed E-state index contributed by atoms with van der Waals surface area (Å²) in [5.41, 5.74) is 0. The van der Waals surface area contributed by atoms with Gasteiger partial charge in [0.2, 0.25) is 0 Å². The van der Waals surface area contributed by atoms with E-state index in [1.165, 1.54) is 19.3 Å². The van der Waals surface area contributed by atoms with Crippen LogP contribution in [0.25, 0.3) is 0 Å². The Labute approximate surface area is 106 Å². The summed E-state index contributed by atoms with van der Waals surface area (Å²) in [5.74, 6) is 1.06. The normalized spacial score (nSPS) is 19.6. The Morgan fingerprint density at radius 1 is 1.12 bits per heavy atom. The lowest BCUT2D eigenvalue weighted by Gasteiger charge is -2.27. The first kappa shape index (κ1) is 14.5. The monoisotopic (exact) mass is 240 g/mol. The van der Waals surface area contributed by atoms with E-state index in [4.69, 9.17) is 4.74 Å². The molecule has 0 aromatic rings. The molecule has 0 N–H and O–H groups in total. The molecule has 1 saturated carbocycles. The summed E-state index contributed by atoms with van der Waals surface area (Å²) in [5, 5.41) is 0. The van der Waals surface area contributed by atoms with Gasteiger partial charge in [-0.1, -0.05) is 34.1 Å². The van der Waals surface area contributed by atoms with Crippen LogP contribution in [0.2, 0.25) is 0 Å². The highest BCUT2D eigenvalue weighted by Gasteiger charge is 2.27. The zero-order valence-corrected chi connectivity index (χ0v) is 11.9. The first-order chi connectivity index (χ1) is 8.00. The van der Waals surface area contributed by atoms with Crippen molar-refractivity contribution in [3.05, 3.63) is 0 Å². The Bertz CT molecular complexity index is 227. The van der Waals surface area contributed by atoms with Gasteiger partial charge < -0.3 is 4.74 Å². The highest BCUT2D eigenvalue weighted by molar-refractivity contribution is 5.72. The number of carbonyl (C=O) groups excluding carboxylic acids is 1. The summed E-state index contributed by atoms with van der Waals surface area (Å²) >= 11 is 0. The predicted molar refractivity (Wildman–Crippen MR) is 70.7 cm³/mol. The molecule has 0 bridgehead atoms. The van der Waals surface area contributed by atoms with Crippen LogP contribution in [0, 0.1) is 17.8 Å². The Morgan fingerprint density at radius 3 is 2.18 bits per heavy atom. The molecule has 17 heavy (non-hydrogen) atoms. The molecule has 1 fully saturated rings. The number of esters is 1. The van der Waals surface area contributed by atoms with Crippen molar-refractivity contribution in [3.63, 3.8) is 0 Å². The second-order valence-corrected chi connectivity index (χ2v) is 6.18. The van der Waals surface area contributed by atoms with E-state index in [9.17, 15) is 4.79 Å². The van der Waals surface area contributed by atoms with Gasteiger partial charge in [0.15, 0.2) is 0 Å². The van der Waals surface area contributed by atoms with Gasteiger partial charge in [-0.25, -0.2) is 0 Å². The topological polar surface area (TPSA) is 26.3 Å². The van der Waals surface area contributed by atoms with Crippen LogP contribution < -0.4 is 0 Å². The van der Waals surface area contributed by atoms with Gasteiger partial charge in [0.1, 0.15) is 6.10 Å². The molecule has 2 nitrogen and oxygen atoms in total. The van der Waals surface area contributed by atoms with Gasteiger partial charge in [0, 0.05) is 0 Å². The summed E-state index contributed by atoms with van der Waals surface area (Å²) in [6.07, 6.45) is 7.01. The quantitative estimate of drug-likeness (QED) is 0.674. The maximum Gasteiger partial charge on any atom is 0.309 e. The van der Waals surface area contributed by atoms with E-state index in [2.05, 4.69) is 27.7 Å². The van der Waals surface area contributed by atoms with Gasteiger partial charge in [-0.2, -0.15) is 0 Å². The van der Waals surface area contributed by atoms with Crippen molar-refractivity contribution >= 4 is 5.97 Å². The van der Waals surface area contributed by atoms with Crippen molar-refractivity contribution in [3.8, 4) is 0 Å². The van der Waals surface area contributed by atoms with Gasteiger partial charge in [0.25, 0.3) is 0 Å². The molecular weight excluding hydrogens is 212 g/mol. The van der Waals surface area contributed by atoms with Gasteiger partial charge in [-0.15, -0.1) is 0 Å². The summed E-state index contributed by atoms with van der Waals surface area (Å²) in [4.78, 5) is 12.2. The molecular formula is C15H28O2. The number of rotatable bonds is 5. The van der Waals surface area contributed by atoms with E-state index in [-0.39, 0.29) is 18.0 Å². The third-order valence-electron chi connectivity index (χ3n) is 3.67. The number of hydrogen-bond donors (Lipinski definition) is 0. The third kappa shape index (κ3) is 5.10. The molecule has 1 aliphatic rings. The molecule has 0 aromatic carbocycles. The molecule has 1 aliphatic carbocycles. The summed E-state index contributed by atoms with van der Waals surface area (Å²) in [6.45, 7) is 8.58. The fourth-order valence-electron chi connectivity index (χ4n) is 2.58. The lowest BCUT2D eigenvalue weighted by atomic mass is 9.87. The van der Waals surface area contributed by atoms with E-state index < -0.39 is 0 Å². The van der Waals surface area contributed by atoms with E-state index in [0.29, 0.717) is 11.8 Å². The van der Waals surface area contributed by atoms with Crippen LogP contribution in [0.3, 0.4) is 0 Å². The minimum atomic E-state index is 0.0422. The van der Waals surface area contributed by atoms with Crippen LogP contribution in [-0.4, -0.2) is 12.1 Å². The zero-order valence-electron chi connectivity index (χ0n) is 11.9. The Hall–Kier alpha value is -0.530. The average molecular weight is 240 g/mol. The zero-order chi connectivity index (χ0) is 12.8. The first-order valence-electron chi connectivity index (χ1n) is 7.21. The lowest BCUT2D eigenvalue weighted by Crippen LogP contribution is -2.29. The van der Waals surface area contributed by atoms with E-state index in [0.717, 1.165) is 19.3 Å². The SMILES string of the molecule is CC(C)CC(C(=O)OC1CCCCC1)C(C)C. The van der Waals surface area contributed by atoms with Gasteiger partial charge in [-0.3, -0.25) is 4.79 Å². The molecule has 2 heteroatoms. The molecule has 0 radical (unpaired) electrons. The molecule has 0 amide bonds. The van der Waals surface area contributed by atoms with Gasteiger partial charge in [0.05, 0.1) is 5.92 Å². The summed E-state index contributed by atoms with van der Waals surface area (Å²) in [6, 6.07) is 0. The van der Waals surface area contributed by atoms with Crippen molar-refractivity contribution in [1.29, 1.82) is 0 Å². The minimum Gasteiger partial charge on any atom is -0.462 e. The van der Waals surface area contributed by atoms with Gasteiger partial charge in [-0.05, 0) is 43.9 Å². The van der Waals surface area contributed by atoms with Crippen molar-refractivity contribution in [2.75, 3.05) is 0 Å². The van der Waals surface area contributed by atoms with Crippen LogP contribution in [0.5, 0.6) is 0 Å². The number of ether oxygens (including phenoxy) is 1. The lowest BCUT2D eigenvalue weighted by molar-refractivity contribution is -0.157.